The van der Waals surface area contributed by atoms with E-state index in [0.29, 0.717) is 10.4 Å². The van der Waals surface area contributed by atoms with Crippen LogP contribution in [0.25, 0.3) is 0 Å². The van der Waals surface area contributed by atoms with Gasteiger partial charge < -0.3 is 4.74 Å². The van der Waals surface area contributed by atoms with E-state index in [1.54, 1.807) is 24.3 Å². The SMILES string of the molecule is COC(=O)Cc1ccc(C(=O)Cc2cccc(F)c2)s1. The fourth-order valence-electron chi connectivity index (χ4n) is 1.76. The lowest BCUT2D eigenvalue weighted by Gasteiger charge is -1.99. The van der Waals surface area contributed by atoms with Gasteiger partial charge in [0.15, 0.2) is 5.78 Å². The Bertz CT molecular complexity index is 634. The van der Waals surface area contributed by atoms with E-state index in [-0.39, 0.29) is 30.4 Å². The van der Waals surface area contributed by atoms with E-state index in [1.807, 2.05) is 0 Å². The number of carbonyl (C=O) groups excluding carboxylic acids is 2. The largest absolute Gasteiger partial charge is 0.469 e. The lowest BCUT2D eigenvalue weighted by Crippen LogP contribution is -2.03. The number of halogens is 1. The summed E-state index contributed by atoms with van der Waals surface area (Å²) in [5.74, 6) is -0.777. The molecule has 0 unspecified atom stereocenters. The van der Waals surface area contributed by atoms with Gasteiger partial charge in [0.05, 0.1) is 18.4 Å². The van der Waals surface area contributed by atoms with Gasteiger partial charge >= 0.3 is 5.97 Å². The smallest absolute Gasteiger partial charge is 0.310 e. The molecule has 0 spiro atoms. The van der Waals surface area contributed by atoms with Crippen LogP contribution in [0.2, 0.25) is 0 Å². The quantitative estimate of drug-likeness (QED) is 0.628. The third-order valence-electron chi connectivity index (χ3n) is 2.74. The molecular formula is C15H13FO3S. The Morgan fingerprint density at radius 2 is 2.00 bits per heavy atom. The lowest BCUT2D eigenvalue weighted by atomic mass is 10.1. The highest BCUT2D eigenvalue weighted by Gasteiger charge is 2.12. The van der Waals surface area contributed by atoms with E-state index in [4.69, 9.17) is 0 Å². The summed E-state index contributed by atoms with van der Waals surface area (Å²) in [4.78, 5) is 24.6. The van der Waals surface area contributed by atoms with E-state index in [9.17, 15) is 14.0 Å². The predicted octanol–water partition coefficient (Wildman–Crippen LogP) is 3.03. The van der Waals surface area contributed by atoms with E-state index >= 15 is 0 Å². The van der Waals surface area contributed by atoms with Crippen LogP contribution in [0.3, 0.4) is 0 Å². The maximum atomic E-state index is 13.0. The number of carbonyl (C=O) groups is 2. The molecular weight excluding hydrogens is 279 g/mol. The molecule has 104 valence electrons. The van der Waals surface area contributed by atoms with Gasteiger partial charge in [0.1, 0.15) is 5.82 Å². The maximum absolute atomic E-state index is 13.0. The zero-order valence-corrected chi connectivity index (χ0v) is 11.7. The van der Waals surface area contributed by atoms with Crippen molar-refractivity contribution in [3.8, 4) is 0 Å². The number of esters is 1. The molecule has 0 saturated carbocycles. The van der Waals surface area contributed by atoms with Gasteiger partial charge in [0.25, 0.3) is 0 Å². The summed E-state index contributed by atoms with van der Waals surface area (Å²) in [5, 5.41) is 0. The molecule has 0 radical (unpaired) electrons. The summed E-state index contributed by atoms with van der Waals surface area (Å²) in [5.41, 5.74) is 0.637. The Hall–Kier alpha value is -2.01. The minimum absolute atomic E-state index is 0.0864. The molecule has 0 atom stereocenters. The molecule has 0 amide bonds. The molecule has 0 aliphatic carbocycles. The minimum Gasteiger partial charge on any atom is -0.469 e. The maximum Gasteiger partial charge on any atom is 0.310 e. The van der Waals surface area contributed by atoms with Crippen LogP contribution >= 0.6 is 11.3 Å². The van der Waals surface area contributed by atoms with Crippen molar-refractivity contribution in [1.82, 2.24) is 0 Å². The first-order chi connectivity index (χ1) is 9.58. The van der Waals surface area contributed by atoms with Crippen molar-refractivity contribution in [2.45, 2.75) is 12.8 Å². The van der Waals surface area contributed by atoms with Crippen LogP contribution in [0.5, 0.6) is 0 Å². The summed E-state index contributed by atoms with van der Waals surface area (Å²) in [6.45, 7) is 0. The zero-order valence-electron chi connectivity index (χ0n) is 10.9. The number of benzene rings is 1. The molecule has 0 fully saturated rings. The Balaban J connectivity index is 2.04. The van der Waals surface area contributed by atoms with Crippen molar-refractivity contribution in [1.29, 1.82) is 0 Å². The Kier molecular flexibility index (Phi) is 4.63. The first kappa shape index (κ1) is 14.4. The molecule has 2 rings (SSSR count). The number of methoxy groups -OCH3 is 1. The highest BCUT2D eigenvalue weighted by atomic mass is 32.1. The third kappa shape index (κ3) is 3.74. The number of ether oxygens (including phenoxy) is 1. The number of rotatable bonds is 5. The molecule has 1 heterocycles. The van der Waals surface area contributed by atoms with Crippen molar-refractivity contribution in [3.05, 3.63) is 57.5 Å². The van der Waals surface area contributed by atoms with Crippen LogP contribution in [-0.4, -0.2) is 18.9 Å². The van der Waals surface area contributed by atoms with Crippen molar-refractivity contribution in [3.63, 3.8) is 0 Å². The minimum atomic E-state index is -0.354. The van der Waals surface area contributed by atoms with Crippen molar-refractivity contribution >= 4 is 23.1 Å². The topological polar surface area (TPSA) is 43.4 Å². The first-order valence-electron chi connectivity index (χ1n) is 6.01. The fourth-order valence-corrected chi connectivity index (χ4v) is 2.69. The van der Waals surface area contributed by atoms with Crippen LogP contribution in [0.15, 0.2) is 36.4 Å². The summed E-state index contributed by atoms with van der Waals surface area (Å²) in [6, 6.07) is 9.40. The van der Waals surface area contributed by atoms with E-state index < -0.39 is 0 Å². The highest BCUT2D eigenvalue weighted by molar-refractivity contribution is 7.14. The molecule has 20 heavy (non-hydrogen) atoms. The van der Waals surface area contributed by atoms with E-state index in [0.717, 1.165) is 4.88 Å². The van der Waals surface area contributed by atoms with Gasteiger partial charge in [-0.1, -0.05) is 12.1 Å². The number of thiophene rings is 1. The van der Waals surface area contributed by atoms with E-state index in [2.05, 4.69) is 4.74 Å². The van der Waals surface area contributed by atoms with Gasteiger partial charge in [-0.15, -0.1) is 11.3 Å². The molecule has 0 aliphatic heterocycles. The summed E-state index contributed by atoms with van der Waals surface area (Å²) in [7, 11) is 1.33. The molecule has 0 bridgehead atoms. The van der Waals surface area contributed by atoms with E-state index in [1.165, 1.54) is 30.6 Å². The normalized spacial score (nSPS) is 10.3. The molecule has 0 N–H and O–H groups in total. The van der Waals surface area contributed by atoms with Gasteiger partial charge in [0.2, 0.25) is 0 Å². The second-order valence-electron chi connectivity index (χ2n) is 4.25. The summed E-state index contributed by atoms with van der Waals surface area (Å²) < 4.78 is 17.6. The molecule has 1 aromatic heterocycles. The Morgan fingerprint density at radius 1 is 1.20 bits per heavy atom. The number of Topliss-reactive ketones (excluding diaryl/α,β-unsaturated/α-hetero) is 1. The lowest BCUT2D eigenvalue weighted by molar-refractivity contribution is -0.139. The molecule has 5 heteroatoms. The molecule has 2 aromatic rings. The third-order valence-corrected chi connectivity index (χ3v) is 3.86. The molecule has 1 aromatic carbocycles. The van der Waals surface area contributed by atoms with Gasteiger partial charge in [-0.2, -0.15) is 0 Å². The highest BCUT2D eigenvalue weighted by Crippen LogP contribution is 2.19. The first-order valence-corrected chi connectivity index (χ1v) is 6.83. The average molecular weight is 292 g/mol. The molecule has 0 saturated heterocycles. The summed E-state index contributed by atoms with van der Waals surface area (Å²) >= 11 is 1.26. The van der Waals surface area contributed by atoms with Crippen LogP contribution in [0.1, 0.15) is 20.1 Å². The van der Waals surface area contributed by atoms with Crippen LogP contribution in [0.4, 0.5) is 4.39 Å². The summed E-state index contributed by atoms with van der Waals surface area (Å²) in [6.07, 6.45) is 0.310. The fraction of sp³-hybridized carbons (Fsp3) is 0.200. The van der Waals surface area contributed by atoms with Gasteiger partial charge in [-0.05, 0) is 29.8 Å². The van der Waals surface area contributed by atoms with Crippen LogP contribution in [-0.2, 0) is 22.4 Å². The Labute approximate surface area is 120 Å². The monoisotopic (exact) mass is 292 g/mol. The zero-order chi connectivity index (χ0) is 14.5. The second kappa shape index (κ2) is 6.43. The number of hydrogen-bond donors (Lipinski definition) is 0. The second-order valence-corrected chi connectivity index (χ2v) is 5.42. The molecule has 3 nitrogen and oxygen atoms in total. The molecule has 0 aliphatic rings. The number of ketones is 1. The van der Waals surface area contributed by atoms with Crippen molar-refractivity contribution in [2.75, 3.05) is 7.11 Å². The van der Waals surface area contributed by atoms with Crippen molar-refractivity contribution in [2.24, 2.45) is 0 Å². The predicted molar refractivity (Wildman–Crippen MR) is 74.5 cm³/mol. The van der Waals surface area contributed by atoms with Crippen molar-refractivity contribution < 1.29 is 18.7 Å². The van der Waals surface area contributed by atoms with Crippen LogP contribution in [0, 0.1) is 5.82 Å². The van der Waals surface area contributed by atoms with Gasteiger partial charge in [-0.25, -0.2) is 4.39 Å². The average Bonchev–Trinajstić information content (AvgIpc) is 2.87. The van der Waals surface area contributed by atoms with Crippen LogP contribution < -0.4 is 0 Å². The Morgan fingerprint density at radius 3 is 2.70 bits per heavy atom. The standard InChI is InChI=1S/C15H13FO3S/c1-19-15(18)9-12-5-6-14(20-12)13(17)8-10-3-2-4-11(16)7-10/h2-7H,8-9H2,1H3. The van der Waals surface area contributed by atoms with Gasteiger partial charge in [0, 0.05) is 11.3 Å². The van der Waals surface area contributed by atoms with Gasteiger partial charge in [-0.3, -0.25) is 9.59 Å². The number of hydrogen-bond acceptors (Lipinski definition) is 4.